The minimum Gasteiger partial charge on any atom is -0.348 e. The molecule has 0 aliphatic carbocycles. The third-order valence-corrected chi connectivity index (χ3v) is 3.99. The second-order valence-electron chi connectivity index (χ2n) is 5.39. The van der Waals surface area contributed by atoms with Gasteiger partial charge in [0.25, 0.3) is 0 Å². The fourth-order valence-electron chi connectivity index (χ4n) is 2.48. The minimum absolute atomic E-state index is 0.0236. The second-order valence-corrected chi connectivity index (χ2v) is 5.82. The highest BCUT2D eigenvalue weighted by Gasteiger charge is 2.15. The second kappa shape index (κ2) is 7.99. The molecular weight excluding hydrogens is 298 g/mol. The number of benzene rings is 1. The van der Waals surface area contributed by atoms with E-state index < -0.39 is 0 Å². The molecule has 0 spiro atoms. The van der Waals surface area contributed by atoms with Gasteiger partial charge < -0.3 is 5.32 Å². The number of halogens is 1. The van der Waals surface area contributed by atoms with Crippen molar-refractivity contribution in [1.82, 2.24) is 15.1 Å². The van der Waals surface area contributed by atoms with Crippen LogP contribution in [0, 0.1) is 0 Å². The first kappa shape index (κ1) is 16.6. The van der Waals surface area contributed by atoms with Gasteiger partial charge in [-0.05, 0) is 43.0 Å². The van der Waals surface area contributed by atoms with Crippen LogP contribution in [-0.4, -0.2) is 15.7 Å². The maximum atomic E-state index is 12.1. The van der Waals surface area contributed by atoms with Gasteiger partial charge in [-0.2, -0.15) is 5.10 Å². The van der Waals surface area contributed by atoms with E-state index in [9.17, 15) is 4.79 Å². The van der Waals surface area contributed by atoms with Crippen LogP contribution < -0.4 is 5.32 Å². The van der Waals surface area contributed by atoms with E-state index in [1.807, 2.05) is 42.1 Å². The monoisotopic (exact) mass is 319 g/mol. The molecule has 0 saturated carbocycles. The van der Waals surface area contributed by atoms with Gasteiger partial charge in [-0.3, -0.25) is 9.48 Å². The molecule has 1 heterocycles. The van der Waals surface area contributed by atoms with Crippen molar-refractivity contribution in [2.24, 2.45) is 7.05 Å². The fraction of sp³-hybridized carbons (Fsp3) is 0.412. The molecule has 1 aromatic heterocycles. The Balaban J connectivity index is 1.79. The third-order valence-electron chi connectivity index (χ3n) is 3.74. The Morgan fingerprint density at radius 3 is 2.64 bits per heavy atom. The summed E-state index contributed by atoms with van der Waals surface area (Å²) in [6.45, 7) is 2.06. The van der Waals surface area contributed by atoms with Gasteiger partial charge in [0.05, 0.1) is 11.7 Å². The van der Waals surface area contributed by atoms with Crippen molar-refractivity contribution < 1.29 is 4.79 Å². The Hall–Kier alpha value is -1.81. The van der Waals surface area contributed by atoms with Crippen molar-refractivity contribution in [3.05, 3.63) is 52.8 Å². The quantitative estimate of drug-likeness (QED) is 0.846. The van der Waals surface area contributed by atoms with Crippen molar-refractivity contribution in [1.29, 1.82) is 0 Å². The molecule has 0 radical (unpaired) electrons. The maximum absolute atomic E-state index is 12.1. The van der Waals surface area contributed by atoms with Gasteiger partial charge in [-0.25, -0.2) is 0 Å². The van der Waals surface area contributed by atoms with Gasteiger partial charge in [0, 0.05) is 24.7 Å². The first-order valence-electron chi connectivity index (χ1n) is 7.62. The standard InChI is InChI=1S/C17H22ClN3O/c1-3-15(16-11-12-19-21(16)2)20-17(22)6-4-5-13-7-9-14(18)10-8-13/h7-12,15H,3-6H2,1-2H3,(H,20,22)/t15-/m0/s1. The first-order chi connectivity index (χ1) is 10.6. The van der Waals surface area contributed by atoms with Gasteiger partial charge in [-0.1, -0.05) is 30.7 Å². The van der Waals surface area contributed by atoms with Crippen molar-refractivity contribution in [3.8, 4) is 0 Å². The zero-order chi connectivity index (χ0) is 15.9. The molecule has 1 N–H and O–H groups in total. The lowest BCUT2D eigenvalue weighted by Gasteiger charge is -2.17. The number of nitrogens with one attached hydrogen (secondary N) is 1. The van der Waals surface area contributed by atoms with Crippen molar-refractivity contribution in [2.75, 3.05) is 0 Å². The van der Waals surface area contributed by atoms with Crippen LogP contribution in [0.2, 0.25) is 5.02 Å². The molecule has 1 amide bonds. The predicted octanol–water partition coefficient (Wildman–Crippen LogP) is 3.66. The average molecular weight is 320 g/mol. The number of hydrogen-bond donors (Lipinski definition) is 1. The molecular formula is C17H22ClN3O. The molecule has 5 heteroatoms. The number of rotatable bonds is 7. The Morgan fingerprint density at radius 2 is 2.05 bits per heavy atom. The lowest BCUT2D eigenvalue weighted by atomic mass is 10.1. The zero-order valence-corrected chi connectivity index (χ0v) is 13.8. The van der Waals surface area contributed by atoms with E-state index in [1.54, 1.807) is 6.20 Å². The molecule has 0 saturated heterocycles. The smallest absolute Gasteiger partial charge is 0.220 e. The largest absolute Gasteiger partial charge is 0.348 e. The topological polar surface area (TPSA) is 46.9 Å². The molecule has 22 heavy (non-hydrogen) atoms. The Kier molecular flexibility index (Phi) is 6.01. The summed E-state index contributed by atoms with van der Waals surface area (Å²) >= 11 is 5.86. The number of aromatic nitrogens is 2. The van der Waals surface area contributed by atoms with Crippen LogP contribution in [0.25, 0.3) is 0 Å². The molecule has 0 aliphatic rings. The van der Waals surface area contributed by atoms with Gasteiger partial charge in [0.2, 0.25) is 5.91 Å². The Labute approximate surface area is 136 Å². The van der Waals surface area contributed by atoms with Crippen LogP contribution in [0.5, 0.6) is 0 Å². The molecule has 4 nitrogen and oxygen atoms in total. The van der Waals surface area contributed by atoms with Crippen LogP contribution in [0.15, 0.2) is 36.5 Å². The molecule has 2 aromatic rings. The van der Waals surface area contributed by atoms with Gasteiger partial charge in [0.15, 0.2) is 0 Å². The van der Waals surface area contributed by atoms with E-state index in [0.29, 0.717) is 6.42 Å². The number of hydrogen-bond acceptors (Lipinski definition) is 2. The first-order valence-corrected chi connectivity index (χ1v) is 7.99. The highest BCUT2D eigenvalue weighted by Crippen LogP contribution is 2.16. The van der Waals surface area contributed by atoms with E-state index in [1.165, 1.54) is 5.56 Å². The SMILES string of the molecule is CC[C@H](NC(=O)CCCc1ccc(Cl)cc1)c1ccnn1C. The van der Waals surface area contributed by atoms with E-state index in [2.05, 4.69) is 17.3 Å². The summed E-state index contributed by atoms with van der Waals surface area (Å²) in [4.78, 5) is 12.1. The summed E-state index contributed by atoms with van der Waals surface area (Å²) in [5, 5.41) is 7.98. The van der Waals surface area contributed by atoms with E-state index in [-0.39, 0.29) is 11.9 Å². The molecule has 0 bridgehead atoms. The summed E-state index contributed by atoms with van der Waals surface area (Å²) < 4.78 is 1.81. The molecule has 1 aromatic carbocycles. The number of aryl methyl sites for hydroxylation is 2. The molecule has 0 aliphatic heterocycles. The summed E-state index contributed by atoms with van der Waals surface area (Å²) in [6, 6.07) is 9.74. The van der Waals surface area contributed by atoms with Crippen LogP contribution in [0.1, 0.15) is 43.5 Å². The average Bonchev–Trinajstić information content (AvgIpc) is 2.93. The normalized spacial score (nSPS) is 12.1. The molecule has 0 unspecified atom stereocenters. The summed E-state index contributed by atoms with van der Waals surface area (Å²) in [5.74, 6) is 0.0852. The molecule has 0 fully saturated rings. The molecule has 1 atom stereocenters. The van der Waals surface area contributed by atoms with Crippen LogP contribution in [0.4, 0.5) is 0 Å². The van der Waals surface area contributed by atoms with Gasteiger partial charge >= 0.3 is 0 Å². The third kappa shape index (κ3) is 4.60. The molecule has 2 rings (SSSR count). The number of carbonyl (C=O) groups is 1. The van der Waals surface area contributed by atoms with Crippen molar-refractivity contribution >= 4 is 17.5 Å². The minimum atomic E-state index is 0.0236. The fourth-order valence-corrected chi connectivity index (χ4v) is 2.61. The molecule has 118 valence electrons. The number of carbonyl (C=O) groups excluding carboxylic acids is 1. The summed E-state index contributed by atoms with van der Waals surface area (Å²) in [7, 11) is 1.89. The highest BCUT2D eigenvalue weighted by atomic mass is 35.5. The van der Waals surface area contributed by atoms with Crippen LogP contribution in [-0.2, 0) is 18.3 Å². The lowest BCUT2D eigenvalue weighted by molar-refractivity contribution is -0.122. The van der Waals surface area contributed by atoms with E-state index in [4.69, 9.17) is 11.6 Å². The summed E-state index contributed by atoms with van der Waals surface area (Å²) in [6.07, 6.45) is 4.84. The van der Waals surface area contributed by atoms with Crippen molar-refractivity contribution in [3.63, 3.8) is 0 Å². The maximum Gasteiger partial charge on any atom is 0.220 e. The van der Waals surface area contributed by atoms with Crippen molar-refractivity contribution in [2.45, 2.75) is 38.6 Å². The van der Waals surface area contributed by atoms with Gasteiger partial charge in [-0.15, -0.1) is 0 Å². The summed E-state index contributed by atoms with van der Waals surface area (Å²) in [5.41, 5.74) is 2.24. The number of nitrogens with zero attached hydrogens (tertiary/aromatic N) is 2. The van der Waals surface area contributed by atoms with E-state index in [0.717, 1.165) is 30.0 Å². The van der Waals surface area contributed by atoms with E-state index >= 15 is 0 Å². The Morgan fingerprint density at radius 1 is 1.32 bits per heavy atom. The lowest BCUT2D eigenvalue weighted by Crippen LogP contribution is -2.29. The predicted molar refractivity (Wildman–Crippen MR) is 88.8 cm³/mol. The van der Waals surface area contributed by atoms with Crippen LogP contribution in [0.3, 0.4) is 0 Å². The zero-order valence-electron chi connectivity index (χ0n) is 13.1. The highest BCUT2D eigenvalue weighted by molar-refractivity contribution is 6.30. The Bertz CT molecular complexity index is 607. The van der Waals surface area contributed by atoms with Gasteiger partial charge in [0.1, 0.15) is 0 Å². The van der Waals surface area contributed by atoms with Crippen LogP contribution >= 0.6 is 11.6 Å². The number of amides is 1.